The Balaban J connectivity index is 1.82. The van der Waals surface area contributed by atoms with E-state index in [1.807, 2.05) is 13.0 Å². The van der Waals surface area contributed by atoms with Crippen LogP contribution in [0.1, 0.15) is 18.6 Å². The second-order valence-electron chi connectivity index (χ2n) is 7.51. The zero-order valence-corrected chi connectivity index (χ0v) is 17.7. The molecule has 1 atom stereocenters. The van der Waals surface area contributed by atoms with Crippen LogP contribution < -0.4 is 4.31 Å². The van der Waals surface area contributed by atoms with E-state index >= 15 is 0 Å². The summed E-state index contributed by atoms with van der Waals surface area (Å²) in [6.45, 7) is 2.40. The van der Waals surface area contributed by atoms with E-state index in [2.05, 4.69) is 9.97 Å². The monoisotopic (exact) mass is 441 g/mol. The van der Waals surface area contributed by atoms with Crippen LogP contribution in [-0.4, -0.2) is 37.8 Å². The number of hydrogen-bond donors (Lipinski definition) is 1. The molecule has 1 unspecified atom stereocenters. The van der Waals surface area contributed by atoms with Crippen molar-refractivity contribution in [1.82, 2.24) is 9.97 Å². The van der Waals surface area contributed by atoms with Gasteiger partial charge in [0.05, 0.1) is 36.8 Å². The van der Waals surface area contributed by atoms with Crippen molar-refractivity contribution in [3.05, 3.63) is 60.2 Å². The van der Waals surface area contributed by atoms with E-state index in [0.29, 0.717) is 28.4 Å². The summed E-state index contributed by atoms with van der Waals surface area (Å²) in [7, 11) is -3.51. The van der Waals surface area contributed by atoms with Gasteiger partial charge in [-0.1, -0.05) is 0 Å². The minimum atomic E-state index is -3.51. The van der Waals surface area contributed by atoms with Gasteiger partial charge in [0.1, 0.15) is 23.0 Å². The first-order chi connectivity index (χ1) is 14.8. The quantitative estimate of drug-likeness (QED) is 0.506. The van der Waals surface area contributed by atoms with Crippen molar-refractivity contribution >= 4 is 26.7 Å². The third-order valence-corrected chi connectivity index (χ3v) is 6.63. The highest BCUT2D eigenvalue weighted by Gasteiger charge is 2.29. The van der Waals surface area contributed by atoms with Gasteiger partial charge in [-0.3, -0.25) is 4.31 Å². The summed E-state index contributed by atoms with van der Waals surface area (Å²) < 4.78 is 51.8. The number of sulfonamides is 1. The summed E-state index contributed by atoms with van der Waals surface area (Å²) >= 11 is 0. The number of aromatic amines is 1. The van der Waals surface area contributed by atoms with Crippen molar-refractivity contribution in [3.63, 3.8) is 0 Å². The molecule has 1 aliphatic rings. The van der Waals surface area contributed by atoms with Gasteiger partial charge in [-0.15, -0.1) is 0 Å². The molecule has 0 amide bonds. The van der Waals surface area contributed by atoms with Crippen LogP contribution in [0, 0.1) is 5.82 Å². The van der Waals surface area contributed by atoms with Gasteiger partial charge in [-0.25, -0.2) is 17.8 Å². The van der Waals surface area contributed by atoms with Gasteiger partial charge in [-0.2, -0.15) is 0 Å². The van der Waals surface area contributed by atoms with Gasteiger partial charge in [0.25, 0.3) is 0 Å². The lowest BCUT2D eigenvalue weighted by atomic mass is 10.0. The highest BCUT2D eigenvalue weighted by Crippen LogP contribution is 2.44. The van der Waals surface area contributed by atoms with Crippen LogP contribution in [0.4, 0.5) is 10.1 Å². The molecule has 5 rings (SSSR count). The molecule has 0 radical (unpaired) electrons. The number of imidazole rings is 1. The van der Waals surface area contributed by atoms with E-state index in [0.717, 1.165) is 16.5 Å². The Morgan fingerprint density at radius 2 is 2.00 bits per heavy atom. The maximum absolute atomic E-state index is 13.5. The molecule has 7 nitrogen and oxygen atoms in total. The fourth-order valence-electron chi connectivity index (χ4n) is 4.00. The Bertz CT molecular complexity index is 1360. The number of benzene rings is 2. The zero-order chi connectivity index (χ0) is 21.8. The molecule has 0 saturated carbocycles. The summed E-state index contributed by atoms with van der Waals surface area (Å²) in [5, 5.41) is 0.763. The highest BCUT2D eigenvalue weighted by atomic mass is 32.2. The molecule has 4 aromatic rings. The molecule has 0 aliphatic carbocycles. The predicted octanol–water partition coefficient (Wildman–Crippen LogP) is 4.49. The van der Waals surface area contributed by atoms with Gasteiger partial charge in [-0.05, 0) is 37.3 Å². The molecule has 2 aromatic carbocycles. The van der Waals surface area contributed by atoms with Crippen LogP contribution in [0.25, 0.3) is 33.7 Å². The summed E-state index contributed by atoms with van der Waals surface area (Å²) in [4.78, 5) is 7.50. The van der Waals surface area contributed by atoms with Crippen LogP contribution in [0.2, 0.25) is 0 Å². The number of anilines is 1. The van der Waals surface area contributed by atoms with Gasteiger partial charge >= 0.3 is 0 Å². The van der Waals surface area contributed by atoms with E-state index in [1.165, 1.54) is 22.7 Å². The van der Waals surface area contributed by atoms with E-state index in [9.17, 15) is 12.8 Å². The zero-order valence-electron chi connectivity index (χ0n) is 16.9. The minimum absolute atomic E-state index is 0.220. The summed E-state index contributed by atoms with van der Waals surface area (Å²) in [6.07, 6.45) is 4.23. The first-order valence-corrected chi connectivity index (χ1v) is 11.6. The van der Waals surface area contributed by atoms with Crippen LogP contribution in [-0.2, 0) is 14.8 Å². The molecule has 2 aromatic heterocycles. The summed E-state index contributed by atoms with van der Waals surface area (Å²) in [5.41, 5.74) is 3.19. The number of halogens is 1. The fraction of sp³-hybridized carbons (Fsp3) is 0.227. The maximum Gasteiger partial charge on any atom is 0.232 e. The number of ether oxygens (including phenoxy) is 1. The first kappa shape index (κ1) is 19.8. The summed E-state index contributed by atoms with van der Waals surface area (Å²) in [6, 6.07) is 9.64. The standard InChI is InChI=1S/C22H20FN3O4S/c1-13-16-11-17-19(12-18(16)26(9-10-29-13)31(2,27)28)30-21(14-3-5-15(23)6-4-14)20(17)22-24-7-8-25-22/h3-8,11-13H,9-10H2,1-2H3,(H,24,25). The van der Waals surface area contributed by atoms with Crippen LogP contribution in [0.3, 0.4) is 0 Å². The lowest BCUT2D eigenvalue weighted by Crippen LogP contribution is -2.32. The third-order valence-electron chi connectivity index (χ3n) is 5.45. The molecular weight excluding hydrogens is 421 g/mol. The predicted molar refractivity (Wildman–Crippen MR) is 116 cm³/mol. The molecule has 3 heterocycles. The van der Waals surface area contributed by atoms with Crippen molar-refractivity contribution in [3.8, 4) is 22.7 Å². The molecule has 160 valence electrons. The van der Waals surface area contributed by atoms with Crippen molar-refractivity contribution < 1.29 is 22.0 Å². The van der Waals surface area contributed by atoms with Crippen molar-refractivity contribution in [2.45, 2.75) is 13.0 Å². The molecule has 1 aliphatic heterocycles. The Morgan fingerprint density at radius 1 is 1.23 bits per heavy atom. The summed E-state index contributed by atoms with van der Waals surface area (Å²) in [5.74, 6) is 0.769. The lowest BCUT2D eigenvalue weighted by molar-refractivity contribution is 0.0769. The number of nitrogens with zero attached hydrogens (tertiary/aromatic N) is 2. The molecule has 1 N–H and O–H groups in total. The van der Waals surface area contributed by atoms with E-state index in [-0.39, 0.29) is 25.1 Å². The Kier molecular flexibility index (Phi) is 4.60. The van der Waals surface area contributed by atoms with Crippen LogP contribution >= 0.6 is 0 Å². The smallest absolute Gasteiger partial charge is 0.232 e. The number of rotatable bonds is 3. The fourth-order valence-corrected chi connectivity index (χ4v) is 4.92. The van der Waals surface area contributed by atoms with E-state index in [1.54, 1.807) is 30.6 Å². The largest absolute Gasteiger partial charge is 0.455 e. The van der Waals surface area contributed by atoms with Gasteiger partial charge in [0.15, 0.2) is 0 Å². The van der Waals surface area contributed by atoms with Crippen molar-refractivity contribution in [1.29, 1.82) is 0 Å². The van der Waals surface area contributed by atoms with Gasteiger partial charge in [0, 0.05) is 35.0 Å². The second-order valence-corrected chi connectivity index (χ2v) is 9.41. The van der Waals surface area contributed by atoms with Crippen molar-refractivity contribution in [2.24, 2.45) is 0 Å². The molecule has 0 bridgehead atoms. The molecule has 0 spiro atoms. The van der Waals surface area contributed by atoms with Gasteiger partial charge < -0.3 is 14.1 Å². The first-order valence-electron chi connectivity index (χ1n) is 9.78. The normalized spacial score (nSPS) is 17.0. The number of fused-ring (bicyclic) bond motifs is 2. The van der Waals surface area contributed by atoms with E-state index < -0.39 is 10.0 Å². The van der Waals surface area contributed by atoms with E-state index in [4.69, 9.17) is 9.15 Å². The molecule has 0 fully saturated rings. The SMILES string of the molecule is CC1OCCN(S(C)(=O)=O)c2cc3oc(-c4ccc(F)cc4)c(-c4ncc[nH]4)c3cc21. The lowest BCUT2D eigenvalue weighted by Gasteiger charge is -2.22. The van der Waals surface area contributed by atoms with Crippen LogP contribution in [0.5, 0.6) is 0 Å². The average Bonchev–Trinajstić information content (AvgIpc) is 3.33. The highest BCUT2D eigenvalue weighted by molar-refractivity contribution is 7.92. The molecule has 0 saturated heterocycles. The Hall–Kier alpha value is -3.17. The third kappa shape index (κ3) is 3.39. The molecular formula is C22H20FN3O4S. The Labute approximate surface area is 178 Å². The van der Waals surface area contributed by atoms with Crippen molar-refractivity contribution in [2.75, 3.05) is 23.7 Å². The number of aromatic nitrogens is 2. The number of nitrogens with one attached hydrogen (secondary N) is 1. The number of furan rings is 1. The maximum atomic E-state index is 13.5. The number of H-pyrrole nitrogens is 1. The molecule has 31 heavy (non-hydrogen) atoms. The van der Waals surface area contributed by atoms with Gasteiger partial charge in [0.2, 0.25) is 10.0 Å². The van der Waals surface area contributed by atoms with Crippen LogP contribution in [0.15, 0.2) is 53.2 Å². The second kappa shape index (κ2) is 7.21. The average molecular weight is 441 g/mol. The molecule has 9 heteroatoms. The minimum Gasteiger partial charge on any atom is -0.455 e. The Morgan fingerprint density at radius 3 is 2.68 bits per heavy atom. The topological polar surface area (TPSA) is 88.4 Å². The number of hydrogen-bond acceptors (Lipinski definition) is 5.